The third-order valence-electron chi connectivity index (χ3n) is 6.84. The molecule has 0 fully saturated rings. The Balaban J connectivity index is 1.63. The average molecular weight is 596 g/mol. The summed E-state index contributed by atoms with van der Waals surface area (Å²) in [5.74, 6) is 0.136. The van der Waals surface area contributed by atoms with Crippen molar-refractivity contribution in [2.45, 2.75) is 42.2 Å². The molecule has 0 amide bonds. The molecule has 4 rings (SSSR count). The van der Waals surface area contributed by atoms with Gasteiger partial charge in [0.15, 0.2) is 0 Å². The highest BCUT2D eigenvalue weighted by Gasteiger charge is 2.24. The number of halogens is 1. The summed E-state index contributed by atoms with van der Waals surface area (Å²) in [6.45, 7) is 2.19. The molecule has 0 spiro atoms. The van der Waals surface area contributed by atoms with Gasteiger partial charge in [-0.1, -0.05) is 108 Å². The van der Waals surface area contributed by atoms with Crippen molar-refractivity contribution in [3.8, 4) is 23.3 Å². The summed E-state index contributed by atoms with van der Waals surface area (Å²) in [7, 11) is 0. The second kappa shape index (κ2) is 13.2. The summed E-state index contributed by atoms with van der Waals surface area (Å²) in [6, 6.07) is 40.1. The maximum Gasteiger partial charge on any atom is 0.0991 e. The lowest BCUT2D eigenvalue weighted by Crippen LogP contribution is -2.36. The first kappa shape index (κ1) is 26.6. The smallest absolute Gasteiger partial charge is 0.0991 e. The van der Waals surface area contributed by atoms with Gasteiger partial charge in [0.2, 0.25) is 0 Å². The zero-order valence-electron chi connectivity index (χ0n) is 20.9. The fourth-order valence-corrected chi connectivity index (χ4v) is 5.31. The highest BCUT2D eigenvalue weighted by atomic mass is 127. The van der Waals surface area contributed by atoms with Crippen LogP contribution in [0.3, 0.4) is 0 Å². The lowest BCUT2D eigenvalue weighted by atomic mass is 9.85. The van der Waals surface area contributed by atoms with Crippen molar-refractivity contribution in [2.24, 2.45) is 0 Å². The van der Waals surface area contributed by atoms with E-state index in [1.54, 1.807) is 0 Å². The number of benzene rings is 4. The van der Waals surface area contributed by atoms with Gasteiger partial charge >= 0.3 is 0 Å². The normalized spacial score (nSPS) is 13.2. The average Bonchev–Trinajstić information content (AvgIpc) is 2.96. The van der Waals surface area contributed by atoms with Crippen LogP contribution < -0.4 is 5.32 Å². The van der Waals surface area contributed by atoms with Gasteiger partial charge < -0.3 is 5.32 Å². The number of alkyl halides is 1. The van der Waals surface area contributed by atoms with E-state index in [-0.39, 0.29) is 18.0 Å². The van der Waals surface area contributed by atoms with Crippen molar-refractivity contribution >= 4 is 22.6 Å². The predicted octanol–water partition coefficient (Wildman–Crippen LogP) is 8.12. The van der Waals surface area contributed by atoms with Crippen LogP contribution in [0.5, 0.6) is 0 Å². The summed E-state index contributed by atoms with van der Waals surface area (Å²) in [5.41, 5.74) is 7.78. The van der Waals surface area contributed by atoms with E-state index in [4.69, 9.17) is 0 Å². The first-order valence-corrected chi connectivity index (χ1v) is 14.1. The molecule has 0 radical (unpaired) electrons. The minimum absolute atomic E-state index is 0.0666. The van der Waals surface area contributed by atoms with Crippen molar-refractivity contribution in [1.29, 1.82) is 10.5 Å². The number of nitriles is 2. The molecule has 0 aromatic heterocycles. The third kappa shape index (κ3) is 7.07. The Morgan fingerprint density at radius 1 is 0.757 bits per heavy atom. The highest BCUT2D eigenvalue weighted by Crippen LogP contribution is 2.30. The largest absolute Gasteiger partial charge is 0.306 e. The van der Waals surface area contributed by atoms with E-state index in [2.05, 4.69) is 114 Å². The molecule has 0 saturated carbocycles. The summed E-state index contributed by atoms with van der Waals surface area (Å²) < 4.78 is 0.988. The second-order valence-electron chi connectivity index (χ2n) is 9.36. The van der Waals surface area contributed by atoms with Crippen LogP contribution in [0.1, 0.15) is 53.1 Å². The van der Waals surface area contributed by atoms with E-state index in [1.807, 2.05) is 36.4 Å². The van der Waals surface area contributed by atoms with E-state index in [9.17, 15) is 10.5 Å². The van der Waals surface area contributed by atoms with Crippen LogP contribution in [0.2, 0.25) is 0 Å². The minimum Gasteiger partial charge on any atom is -0.306 e. The Morgan fingerprint density at radius 3 is 2.14 bits per heavy atom. The summed E-state index contributed by atoms with van der Waals surface area (Å²) in [4.78, 5) is 0. The zero-order chi connectivity index (χ0) is 26.0. The molecule has 0 aliphatic carbocycles. The molecule has 1 unspecified atom stereocenters. The first-order chi connectivity index (χ1) is 18.1. The van der Waals surface area contributed by atoms with Gasteiger partial charge in [-0.25, -0.2) is 0 Å². The molecule has 0 bridgehead atoms. The van der Waals surface area contributed by atoms with Crippen LogP contribution in [-0.4, -0.2) is 6.04 Å². The molecule has 4 aromatic rings. The molecule has 1 N–H and O–H groups in total. The van der Waals surface area contributed by atoms with E-state index in [1.165, 1.54) is 11.1 Å². The van der Waals surface area contributed by atoms with Crippen LogP contribution >= 0.6 is 22.6 Å². The topological polar surface area (TPSA) is 59.6 Å². The molecule has 3 atom stereocenters. The maximum absolute atomic E-state index is 9.68. The quantitative estimate of drug-likeness (QED) is 0.149. The molecule has 0 aliphatic heterocycles. The van der Waals surface area contributed by atoms with Crippen molar-refractivity contribution in [2.75, 3.05) is 0 Å². The fraction of sp³-hybridized carbons (Fsp3) is 0.212. The van der Waals surface area contributed by atoms with Gasteiger partial charge in [0.05, 0.1) is 24.1 Å². The Morgan fingerprint density at radius 2 is 1.43 bits per heavy atom. The van der Waals surface area contributed by atoms with E-state index in [0.29, 0.717) is 12.0 Å². The van der Waals surface area contributed by atoms with Gasteiger partial charge in [-0.15, -0.1) is 0 Å². The summed E-state index contributed by atoms with van der Waals surface area (Å²) in [6.07, 6.45) is 1.21. The number of hydrogen-bond donors (Lipinski definition) is 1. The van der Waals surface area contributed by atoms with Gasteiger partial charge in [-0.3, -0.25) is 0 Å². The third-order valence-corrected chi connectivity index (χ3v) is 7.72. The van der Waals surface area contributed by atoms with Crippen molar-refractivity contribution in [3.05, 3.63) is 131 Å². The van der Waals surface area contributed by atoms with Crippen molar-refractivity contribution < 1.29 is 0 Å². The standard InChI is InChI=1S/C33H30IN3/c1-24(37-33(17-18-35)31-12-6-10-29(21-31)28-8-3-2-4-9-28)32(30-11-5-7-27(19-30)23-36)20-25-13-15-26(22-34)16-14-25/h2-16,19,21,24,32-33,37H,17,20,22H2,1H3/t24-,32+,33?/m0/s1. The van der Waals surface area contributed by atoms with Crippen molar-refractivity contribution in [3.63, 3.8) is 0 Å². The van der Waals surface area contributed by atoms with Gasteiger partial charge in [-0.05, 0) is 64.9 Å². The highest BCUT2D eigenvalue weighted by molar-refractivity contribution is 14.1. The molecule has 4 heteroatoms. The molecule has 37 heavy (non-hydrogen) atoms. The molecular weight excluding hydrogens is 565 g/mol. The zero-order valence-corrected chi connectivity index (χ0v) is 23.1. The Bertz CT molecular complexity index is 1380. The lowest BCUT2D eigenvalue weighted by molar-refractivity contribution is 0.401. The molecule has 3 nitrogen and oxygen atoms in total. The number of rotatable bonds is 10. The van der Waals surface area contributed by atoms with E-state index < -0.39 is 0 Å². The summed E-state index contributed by atoms with van der Waals surface area (Å²) >= 11 is 2.38. The van der Waals surface area contributed by atoms with E-state index in [0.717, 1.165) is 33.1 Å². The monoisotopic (exact) mass is 595 g/mol. The predicted molar refractivity (Wildman–Crippen MR) is 159 cm³/mol. The van der Waals surface area contributed by atoms with Gasteiger partial charge in [-0.2, -0.15) is 10.5 Å². The molecule has 184 valence electrons. The number of nitrogens with zero attached hydrogens (tertiary/aromatic N) is 2. The Kier molecular flexibility index (Phi) is 9.49. The van der Waals surface area contributed by atoms with E-state index >= 15 is 0 Å². The van der Waals surface area contributed by atoms with Crippen LogP contribution in [0, 0.1) is 22.7 Å². The van der Waals surface area contributed by atoms with Gasteiger partial charge in [0.25, 0.3) is 0 Å². The molecular formula is C33H30IN3. The molecule has 0 aliphatic rings. The molecule has 4 aromatic carbocycles. The minimum atomic E-state index is -0.105. The molecule has 0 heterocycles. The SMILES string of the molecule is C[C@H](NC(CC#N)c1cccc(-c2ccccc2)c1)[C@@H](Cc1ccc(CI)cc1)c1cccc(C#N)c1. The van der Waals surface area contributed by atoms with Gasteiger partial charge in [0, 0.05) is 22.4 Å². The molecule has 0 saturated heterocycles. The second-order valence-corrected chi connectivity index (χ2v) is 10.1. The van der Waals surface area contributed by atoms with Crippen LogP contribution in [0.4, 0.5) is 0 Å². The Hall–Kier alpha value is -3.45. The van der Waals surface area contributed by atoms with Crippen LogP contribution in [0.25, 0.3) is 11.1 Å². The number of hydrogen-bond acceptors (Lipinski definition) is 3. The first-order valence-electron chi connectivity index (χ1n) is 12.5. The van der Waals surface area contributed by atoms with Crippen LogP contribution in [0.15, 0.2) is 103 Å². The summed E-state index contributed by atoms with van der Waals surface area (Å²) in [5, 5.41) is 23.0. The maximum atomic E-state index is 9.68. The Labute approximate surface area is 233 Å². The lowest BCUT2D eigenvalue weighted by Gasteiger charge is -2.30. The van der Waals surface area contributed by atoms with Crippen LogP contribution in [-0.2, 0) is 10.8 Å². The van der Waals surface area contributed by atoms with Crippen molar-refractivity contribution in [1.82, 2.24) is 5.32 Å². The number of nitrogens with one attached hydrogen (secondary N) is 1. The fourth-order valence-electron chi connectivity index (χ4n) is 4.80. The van der Waals surface area contributed by atoms with Gasteiger partial charge in [0.1, 0.15) is 0 Å².